The number of nitrogens with zero attached hydrogens (tertiary/aromatic N) is 3. The summed E-state index contributed by atoms with van der Waals surface area (Å²) in [6.07, 6.45) is 6.41. The van der Waals surface area contributed by atoms with Gasteiger partial charge in [0.15, 0.2) is 0 Å². The van der Waals surface area contributed by atoms with Crippen molar-refractivity contribution in [1.29, 1.82) is 0 Å². The molecular weight excluding hydrogens is 477 g/mol. The van der Waals surface area contributed by atoms with Gasteiger partial charge in [0.05, 0.1) is 5.69 Å². The number of pyridine rings is 1. The summed E-state index contributed by atoms with van der Waals surface area (Å²) in [6, 6.07) is 8.96. The number of aryl methyl sites for hydroxylation is 1. The number of rotatable bonds is 8. The van der Waals surface area contributed by atoms with Crippen molar-refractivity contribution in [2.24, 2.45) is 0 Å². The van der Waals surface area contributed by atoms with Crippen molar-refractivity contribution in [3.63, 3.8) is 0 Å². The Morgan fingerprint density at radius 2 is 1.97 bits per heavy atom. The lowest BCUT2D eigenvalue weighted by atomic mass is 9.60. The Hall–Kier alpha value is -3.02. The predicted octanol–water partition coefficient (Wildman–Crippen LogP) is 3.86. The summed E-state index contributed by atoms with van der Waals surface area (Å²) >= 11 is 1.15. The van der Waals surface area contributed by atoms with E-state index in [4.69, 9.17) is 0 Å². The minimum Gasteiger partial charge on any atom is -0.427 e. The van der Waals surface area contributed by atoms with Crippen LogP contribution >= 0.6 is 11.9 Å². The van der Waals surface area contributed by atoms with Gasteiger partial charge in [-0.05, 0) is 56.4 Å². The summed E-state index contributed by atoms with van der Waals surface area (Å²) in [5, 5.41) is 26.7. The first kappa shape index (κ1) is 26.1. The maximum absolute atomic E-state index is 12.9. The molecule has 0 fully saturated rings. The van der Waals surface area contributed by atoms with Crippen LogP contribution in [0.5, 0.6) is 0 Å². The number of carbonyl (C=O) groups is 1. The Bertz CT molecular complexity index is 1320. The quantitative estimate of drug-likeness (QED) is 0.270. The van der Waals surface area contributed by atoms with Crippen LogP contribution in [0.3, 0.4) is 0 Å². The lowest BCUT2D eigenvalue weighted by Crippen LogP contribution is -2.35. The fourth-order valence-corrected chi connectivity index (χ4v) is 4.80. The van der Waals surface area contributed by atoms with E-state index >= 15 is 0 Å². The third kappa shape index (κ3) is 5.69. The topological polar surface area (TPSA) is 121 Å². The highest BCUT2D eigenvalue weighted by Gasteiger charge is 2.33. The summed E-state index contributed by atoms with van der Waals surface area (Å²) in [6.45, 7) is 7.58. The molecule has 0 bridgehead atoms. The fourth-order valence-electron chi connectivity index (χ4n) is 4.28. The zero-order chi connectivity index (χ0) is 26.0. The zero-order valence-electron chi connectivity index (χ0n) is 21.0. The van der Waals surface area contributed by atoms with Crippen LogP contribution in [0.2, 0.25) is 5.31 Å². The molecule has 1 aliphatic carbocycles. The molecule has 0 saturated heterocycles. The first-order valence-electron chi connectivity index (χ1n) is 12.1. The van der Waals surface area contributed by atoms with Crippen LogP contribution < -0.4 is 15.6 Å². The van der Waals surface area contributed by atoms with E-state index in [1.54, 1.807) is 26.1 Å². The Morgan fingerprint density at radius 1 is 1.19 bits per heavy atom. The smallest absolute Gasteiger partial charge is 0.427 e. The molecule has 9 nitrogen and oxygen atoms in total. The number of urea groups is 1. The first-order valence-corrected chi connectivity index (χ1v) is 12.9. The number of carbonyl (C=O) groups excluding carboxylic acids is 1. The largest absolute Gasteiger partial charge is 0.459 e. The summed E-state index contributed by atoms with van der Waals surface area (Å²) < 4.78 is 6.12. The summed E-state index contributed by atoms with van der Waals surface area (Å²) in [5.41, 5.74) is 4.35. The molecule has 0 unspecified atom stereocenters. The van der Waals surface area contributed by atoms with Gasteiger partial charge in [-0.15, -0.1) is 0 Å². The molecule has 11 heteroatoms. The van der Waals surface area contributed by atoms with Crippen molar-refractivity contribution < 1.29 is 14.8 Å². The molecule has 1 aliphatic rings. The van der Waals surface area contributed by atoms with Gasteiger partial charge in [0, 0.05) is 59.4 Å². The Labute approximate surface area is 215 Å². The zero-order valence-corrected chi connectivity index (χ0v) is 21.8. The minimum atomic E-state index is -1.57. The molecule has 0 atom stereocenters. The lowest BCUT2D eigenvalue weighted by molar-refractivity contribution is 0.257. The number of fused-ring (bicyclic) bond motifs is 1. The number of nitrogens with one attached hydrogen (secondary N) is 2. The second kappa shape index (κ2) is 10.5. The number of benzene rings is 1. The van der Waals surface area contributed by atoms with E-state index < -0.39 is 12.4 Å². The maximum Gasteiger partial charge on any atom is 0.459 e. The Kier molecular flexibility index (Phi) is 7.63. The normalized spacial score (nSPS) is 13.1. The highest BCUT2D eigenvalue weighted by molar-refractivity contribution is 7.97. The third-order valence-corrected chi connectivity index (χ3v) is 7.17. The van der Waals surface area contributed by atoms with Gasteiger partial charge in [-0.25, -0.2) is 4.79 Å². The molecule has 3 aromatic rings. The van der Waals surface area contributed by atoms with Crippen LogP contribution in [0, 0.1) is 0 Å². The Balaban J connectivity index is 1.61. The fraction of sp³-hybridized carbons (Fsp3) is 0.400. The van der Waals surface area contributed by atoms with Crippen molar-refractivity contribution in [3.05, 3.63) is 64.2 Å². The van der Waals surface area contributed by atoms with E-state index in [9.17, 15) is 19.6 Å². The molecule has 4 rings (SSSR count). The minimum absolute atomic E-state index is 0.130. The van der Waals surface area contributed by atoms with Crippen molar-refractivity contribution in [1.82, 2.24) is 19.1 Å². The monoisotopic (exact) mass is 509 g/mol. The number of hydrogen-bond acceptors (Lipinski definition) is 6. The molecule has 0 saturated carbocycles. The summed E-state index contributed by atoms with van der Waals surface area (Å²) in [5.74, 6) is 0. The van der Waals surface area contributed by atoms with Crippen molar-refractivity contribution in [2.75, 3.05) is 5.32 Å². The number of anilines is 1. The molecule has 2 aromatic heterocycles. The molecule has 0 aliphatic heterocycles. The summed E-state index contributed by atoms with van der Waals surface area (Å²) in [7, 11) is -1.57. The number of aromatic nitrogens is 3. The first-order chi connectivity index (χ1) is 17.0. The number of hydrogen-bond donors (Lipinski definition) is 4. The van der Waals surface area contributed by atoms with E-state index in [1.807, 2.05) is 36.9 Å². The third-order valence-electron chi connectivity index (χ3n) is 6.45. The van der Waals surface area contributed by atoms with Crippen LogP contribution in [0.1, 0.15) is 51.3 Å². The standard InChI is InChI=1S/C25H32BN5O4S/c1-16(2)31-13-12-21(28-31)36-29-24(33)27-23-19-7-5-6-17(19)8-10-20(23)18-9-11-22(32)30(14-18)15-25(3,4)26(34)35/h8-14,16,34-35H,5-7,15H2,1-4H3,(H2,27,29,33). The van der Waals surface area contributed by atoms with Crippen molar-refractivity contribution in [2.45, 2.75) is 69.9 Å². The van der Waals surface area contributed by atoms with Gasteiger partial charge >= 0.3 is 13.1 Å². The van der Waals surface area contributed by atoms with Crippen LogP contribution in [0.15, 0.2) is 52.5 Å². The molecule has 1 aromatic carbocycles. The molecule has 0 spiro atoms. The van der Waals surface area contributed by atoms with E-state index in [-0.39, 0.29) is 24.2 Å². The molecule has 0 radical (unpaired) electrons. The molecule has 4 N–H and O–H groups in total. The van der Waals surface area contributed by atoms with Gasteiger partial charge in [0.2, 0.25) is 0 Å². The second-order valence-corrected chi connectivity index (χ2v) is 10.9. The van der Waals surface area contributed by atoms with Crippen LogP contribution in [-0.2, 0) is 19.4 Å². The SMILES string of the molecule is CC(C)n1ccc(SNC(=O)Nc2c(-c3ccc(=O)n(CC(C)(C)B(O)O)c3)ccc3c2CCC3)n1. The van der Waals surface area contributed by atoms with Gasteiger partial charge in [0.1, 0.15) is 5.03 Å². The van der Waals surface area contributed by atoms with Gasteiger partial charge in [0.25, 0.3) is 5.56 Å². The van der Waals surface area contributed by atoms with Gasteiger partial charge in [-0.2, -0.15) is 5.10 Å². The molecular formula is C25H32BN5O4S. The average molecular weight is 509 g/mol. The van der Waals surface area contributed by atoms with Crippen LogP contribution in [0.25, 0.3) is 11.1 Å². The predicted molar refractivity (Wildman–Crippen MR) is 143 cm³/mol. The molecule has 36 heavy (non-hydrogen) atoms. The van der Waals surface area contributed by atoms with Crippen LogP contribution in [0.4, 0.5) is 10.5 Å². The van der Waals surface area contributed by atoms with E-state index in [2.05, 4.69) is 21.2 Å². The van der Waals surface area contributed by atoms with Gasteiger partial charge in [-0.3, -0.25) is 14.2 Å². The molecule has 2 heterocycles. The van der Waals surface area contributed by atoms with E-state index in [0.29, 0.717) is 5.03 Å². The molecule has 190 valence electrons. The van der Waals surface area contributed by atoms with E-state index in [0.717, 1.165) is 53.6 Å². The van der Waals surface area contributed by atoms with Gasteiger partial charge in [-0.1, -0.05) is 26.0 Å². The number of amides is 2. The summed E-state index contributed by atoms with van der Waals surface area (Å²) in [4.78, 5) is 25.4. The maximum atomic E-state index is 12.9. The second-order valence-electron chi connectivity index (χ2n) is 10.1. The van der Waals surface area contributed by atoms with Crippen molar-refractivity contribution >= 4 is 30.8 Å². The van der Waals surface area contributed by atoms with E-state index in [1.165, 1.54) is 16.2 Å². The lowest BCUT2D eigenvalue weighted by Gasteiger charge is -2.24. The van der Waals surface area contributed by atoms with Crippen molar-refractivity contribution in [3.8, 4) is 11.1 Å². The highest BCUT2D eigenvalue weighted by atomic mass is 32.2. The average Bonchev–Trinajstić information content (AvgIpc) is 3.49. The van der Waals surface area contributed by atoms with Gasteiger partial charge < -0.3 is 19.9 Å². The van der Waals surface area contributed by atoms with Crippen LogP contribution in [-0.4, -0.2) is 37.5 Å². The molecule has 2 amide bonds. The Morgan fingerprint density at radius 3 is 2.67 bits per heavy atom. The highest BCUT2D eigenvalue weighted by Crippen LogP contribution is 2.38.